The molecule has 0 bridgehead atoms. The first-order chi connectivity index (χ1) is 9.54. The zero-order chi connectivity index (χ0) is 14.5. The van der Waals surface area contributed by atoms with Gasteiger partial charge in [0.25, 0.3) is 0 Å². The second-order valence-corrected chi connectivity index (χ2v) is 4.85. The van der Waals surface area contributed by atoms with E-state index in [9.17, 15) is 4.79 Å². The van der Waals surface area contributed by atoms with Gasteiger partial charge in [0.2, 0.25) is 11.9 Å². The Kier molecular flexibility index (Phi) is 4.28. The Bertz CT molecular complexity index is 575. The maximum atomic E-state index is 11.7. The molecule has 20 heavy (non-hydrogen) atoms. The molecule has 9 nitrogen and oxygen atoms in total. The van der Waals surface area contributed by atoms with Gasteiger partial charge < -0.3 is 15.6 Å². The van der Waals surface area contributed by atoms with Crippen LogP contribution in [0.3, 0.4) is 0 Å². The summed E-state index contributed by atoms with van der Waals surface area (Å²) in [6.45, 7) is 4.44. The van der Waals surface area contributed by atoms with E-state index in [0.717, 1.165) is 12.1 Å². The number of carbonyl (C=O) groups is 1. The van der Waals surface area contributed by atoms with Crippen LogP contribution in [-0.4, -0.2) is 31.3 Å². The molecule has 0 saturated carbocycles. The quantitative estimate of drug-likeness (QED) is 0.747. The summed E-state index contributed by atoms with van der Waals surface area (Å²) < 4.78 is 6.35. The Morgan fingerprint density at radius 1 is 1.55 bits per heavy atom. The van der Waals surface area contributed by atoms with E-state index in [0.29, 0.717) is 11.7 Å². The van der Waals surface area contributed by atoms with Gasteiger partial charge >= 0.3 is 0 Å². The fraction of sp³-hybridized carbons (Fsp3) is 0.545. The Balaban J connectivity index is 1.81. The number of nitrogens with one attached hydrogen (secondary N) is 1. The Hall–Kier alpha value is -2.45. The molecule has 2 aromatic rings. The van der Waals surface area contributed by atoms with Crippen molar-refractivity contribution >= 4 is 11.9 Å². The molecule has 0 aliphatic carbocycles. The Morgan fingerprint density at radius 3 is 3.00 bits per heavy atom. The molecular weight excluding hydrogens is 262 g/mol. The highest BCUT2D eigenvalue weighted by Crippen LogP contribution is 2.08. The molecule has 0 aliphatic rings. The molecule has 0 spiro atoms. The lowest BCUT2D eigenvalue weighted by atomic mass is 10.1. The average molecular weight is 279 g/mol. The maximum absolute atomic E-state index is 11.7. The van der Waals surface area contributed by atoms with Crippen LogP contribution < -0.4 is 11.1 Å². The van der Waals surface area contributed by atoms with Crippen LogP contribution in [0.5, 0.6) is 0 Å². The van der Waals surface area contributed by atoms with Gasteiger partial charge in [-0.3, -0.25) is 4.79 Å². The van der Waals surface area contributed by atoms with E-state index < -0.39 is 0 Å². The minimum atomic E-state index is -0.259. The van der Waals surface area contributed by atoms with Crippen molar-refractivity contribution in [1.29, 1.82) is 0 Å². The smallest absolute Gasteiger partial charge is 0.242 e. The molecule has 1 amide bonds. The molecule has 0 aliphatic heterocycles. The molecule has 2 aromatic heterocycles. The molecule has 3 N–H and O–H groups in total. The standard InChI is InChI=1S/C11H17N7O2/c1-7(2)3-8-4-9(20-15-8)5-13-10(19)6-18-11(12)14-16-17-18/h4,7H,3,5-6H2,1-2H3,(H,13,19)(H2,12,14,17). The minimum absolute atomic E-state index is 0.0359. The first kappa shape index (κ1) is 14.0. The SMILES string of the molecule is CC(C)Cc1cc(CNC(=O)Cn2nnnc2N)on1. The third-order valence-corrected chi connectivity index (χ3v) is 2.54. The molecular formula is C11H17N7O2. The molecule has 9 heteroatoms. The van der Waals surface area contributed by atoms with Crippen molar-refractivity contribution in [3.63, 3.8) is 0 Å². The van der Waals surface area contributed by atoms with Crippen LogP contribution in [0.4, 0.5) is 5.95 Å². The second-order valence-electron chi connectivity index (χ2n) is 4.85. The van der Waals surface area contributed by atoms with Gasteiger partial charge in [-0.05, 0) is 22.8 Å². The van der Waals surface area contributed by atoms with Crippen LogP contribution in [0.1, 0.15) is 25.3 Å². The number of rotatable bonds is 6. The highest BCUT2D eigenvalue weighted by molar-refractivity contribution is 5.75. The molecule has 108 valence electrons. The van der Waals surface area contributed by atoms with E-state index >= 15 is 0 Å². The summed E-state index contributed by atoms with van der Waals surface area (Å²) in [6, 6.07) is 1.84. The van der Waals surface area contributed by atoms with E-state index in [1.807, 2.05) is 6.07 Å². The highest BCUT2D eigenvalue weighted by atomic mass is 16.5. The third kappa shape index (κ3) is 3.77. The topological polar surface area (TPSA) is 125 Å². The predicted molar refractivity (Wildman–Crippen MR) is 69.1 cm³/mol. The van der Waals surface area contributed by atoms with Crippen molar-refractivity contribution in [3.8, 4) is 0 Å². The lowest BCUT2D eigenvalue weighted by molar-refractivity contribution is -0.122. The first-order valence-electron chi connectivity index (χ1n) is 6.27. The molecule has 0 fully saturated rings. The first-order valence-corrected chi connectivity index (χ1v) is 6.27. The van der Waals surface area contributed by atoms with Crippen molar-refractivity contribution in [3.05, 3.63) is 17.5 Å². The zero-order valence-corrected chi connectivity index (χ0v) is 11.4. The Morgan fingerprint density at radius 2 is 2.35 bits per heavy atom. The molecule has 0 unspecified atom stereocenters. The van der Waals surface area contributed by atoms with Gasteiger partial charge in [0, 0.05) is 6.07 Å². The summed E-state index contributed by atoms with van der Waals surface area (Å²) in [4.78, 5) is 11.7. The lowest BCUT2D eigenvalue weighted by Gasteiger charge is -2.02. The van der Waals surface area contributed by atoms with E-state index in [-0.39, 0.29) is 24.9 Å². The summed E-state index contributed by atoms with van der Waals surface area (Å²) in [5.74, 6) is 0.953. The number of tetrazole rings is 1. The number of nitrogens with zero attached hydrogens (tertiary/aromatic N) is 5. The van der Waals surface area contributed by atoms with Gasteiger partial charge in [0.1, 0.15) is 6.54 Å². The normalized spacial score (nSPS) is 10.9. The largest absolute Gasteiger partial charge is 0.367 e. The zero-order valence-electron chi connectivity index (χ0n) is 11.4. The third-order valence-electron chi connectivity index (χ3n) is 2.54. The molecule has 0 saturated heterocycles. The minimum Gasteiger partial charge on any atom is -0.367 e. The summed E-state index contributed by atoms with van der Waals surface area (Å²) in [5, 5.41) is 17.1. The van der Waals surface area contributed by atoms with Gasteiger partial charge in [-0.25, -0.2) is 4.68 Å². The average Bonchev–Trinajstić information content (AvgIpc) is 2.97. The Labute approximate surface area is 115 Å². The van der Waals surface area contributed by atoms with Gasteiger partial charge in [-0.15, -0.1) is 0 Å². The van der Waals surface area contributed by atoms with Crippen molar-refractivity contribution < 1.29 is 9.32 Å². The predicted octanol–water partition coefficient (Wildman–Crippen LogP) is -0.242. The monoisotopic (exact) mass is 279 g/mol. The van der Waals surface area contributed by atoms with Crippen molar-refractivity contribution in [2.75, 3.05) is 5.73 Å². The molecule has 2 rings (SSSR count). The fourth-order valence-corrected chi connectivity index (χ4v) is 1.66. The fourth-order valence-electron chi connectivity index (χ4n) is 1.66. The van der Waals surface area contributed by atoms with E-state index in [4.69, 9.17) is 10.3 Å². The van der Waals surface area contributed by atoms with Crippen LogP contribution in [0.25, 0.3) is 0 Å². The second kappa shape index (κ2) is 6.13. The highest BCUT2D eigenvalue weighted by Gasteiger charge is 2.10. The molecule has 0 atom stereocenters. The van der Waals surface area contributed by atoms with Crippen molar-refractivity contribution in [1.82, 2.24) is 30.7 Å². The van der Waals surface area contributed by atoms with Gasteiger partial charge in [0.05, 0.1) is 12.2 Å². The number of hydrogen-bond acceptors (Lipinski definition) is 7. The van der Waals surface area contributed by atoms with Crippen LogP contribution in [0.2, 0.25) is 0 Å². The maximum Gasteiger partial charge on any atom is 0.242 e. The summed E-state index contributed by atoms with van der Waals surface area (Å²) in [5.41, 5.74) is 6.35. The summed E-state index contributed by atoms with van der Waals surface area (Å²) in [7, 11) is 0. The molecule has 0 radical (unpaired) electrons. The number of nitrogens with two attached hydrogens (primary N) is 1. The molecule has 2 heterocycles. The van der Waals surface area contributed by atoms with Crippen LogP contribution in [0, 0.1) is 5.92 Å². The number of hydrogen-bond donors (Lipinski definition) is 2. The van der Waals surface area contributed by atoms with E-state index in [1.54, 1.807) is 0 Å². The molecule has 0 aromatic carbocycles. The van der Waals surface area contributed by atoms with Crippen LogP contribution >= 0.6 is 0 Å². The summed E-state index contributed by atoms with van der Waals surface area (Å²) in [6.07, 6.45) is 0.846. The van der Waals surface area contributed by atoms with Crippen LogP contribution in [-0.2, 0) is 24.3 Å². The number of carbonyl (C=O) groups excluding carboxylic acids is 1. The van der Waals surface area contributed by atoms with E-state index in [2.05, 4.69) is 39.8 Å². The summed E-state index contributed by atoms with van der Waals surface area (Å²) >= 11 is 0. The van der Waals surface area contributed by atoms with Gasteiger partial charge in [-0.2, -0.15) is 0 Å². The van der Waals surface area contributed by atoms with Crippen molar-refractivity contribution in [2.24, 2.45) is 5.92 Å². The van der Waals surface area contributed by atoms with Crippen molar-refractivity contribution in [2.45, 2.75) is 33.4 Å². The van der Waals surface area contributed by atoms with Gasteiger partial charge in [-0.1, -0.05) is 24.1 Å². The number of aromatic nitrogens is 5. The van der Waals surface area contributed by atoms with E-state index in [1.165, 1.54) is 4.68 Å². The number of nitrogen functional groups attached to an aromatic ring is 1. The number of amides is 1. The lowest BCUT2D eigenvalue weighted by Crippen LogP contribution is -2.28. The van der Waals surface area contributed by atoms with Crippen LogP contribution in [0.15, 0.2) is 10.6 Å². The van der Waals surface area contributed by atoms with Gasteiger partial charge in [0.15, 0.2) is 5.76 Å². The number of anilines is 1.